The fourth-order valence-electron chi connectivity index (χ4n) is 2.41. The smallest absolute Gasteiger partial charge is 0.320 e. The summed E-state index contributed by atoms with van der Waals surface area (Å²) in [4.78, 5) is 37.4. The number of amides is 3. The first-order valence-corrected chi connectivity index (χ1v) is 7.42. The monoisotopic (exact) mass is 299 g/mol. The zero-order chi connectivity index (χ0) is 15.8. The van der Waals surface area contributed by atoms with Gasteiger partial charge in [-0.1, -0.05) is 6.92 Å². The summed E-state index contributed by atoms with van der Waals surface area (Å²) in [6.45, 7) is 3.84. The molecule has 0 bridgehead atoms. The van der Waals surface area contributed by atoms with E-state index < -0.39 is 5.97 Å². The second-order valence-corrected chi connectivity index (χ2v) is 5.52. The second kappa shape index (κ2) is 8.49. The van der Waals surface area contributed by atoms with E-state index in [9.17, 15) is 14.4 Å². The lowest BCUT2D eigenvalue weighted by molar-refractivity contribution is -0.137. The molecule has 1 aliphatic heterocycles. The fraction of sp³-hybridized carbons (Fsp3) is 0.786. The zero-order valence-corrected chi connectivity index (χ0v) is 12.8. The van der Waals surface area contributed by atoms with Crippen LogP contribution in [-0.2, 0) is 9.59 Å². The SMILES string of the molecule is CCCNC(=O)CN(C)C(=O)N1CCC(CCC(=O)O)C1. The van der Waals surface area contributed by atoms with Crippen LogP contribution >= 0.6 is 0 Å². The van der Waals surface area contributed by atoms with Crippen LogP contribution in [0.2, 0.25) is 0 Å². The number of likely N-dealkylation sites (N-methyl/N-ethyl adjacent to an activating group) is 1. The Labute approximate surface area is 125 Å². The standard InChI is InChI=1S/C14H25N3O4/c1-3-7-15-12(18)10-16(2)14(21)17-8-6-11(9-17)4-5-13(19)20/h11H,3-10H2,1-2H3,(H,15,18)(H,19,20). The Hall–Kier alpha value is -1.79. The molecule has 7 nitrogen and oxygen atoms in total. The number of carboxylic acid groups (broad SMARTS) is 1. The van der Waals surface area contributed by atoms with Crippen LogP contribution in [0.15, 0.2) is 0 Å². The van der Waals surface area contributed by atoms with Crippen LogP contribution < -0.4 is 5.32 Å². The molecule has 1 fully saturated rings. The third-order valence-corrected chi connectivity index (χ3v) is 3.60. The van der Waals surface area contributed by atoms with Gasteiger partial charge in [0.1, 0.15) is 6.54 Å². The Kier molecular flexibility index (Phi) is 6.98. The molecule has 0 aromatic heterocycles. The first kappa shape index (κ1) is 17.3. The van der Waals surface area contributed by atoms with E-state index in [2.05, 4.69) is 5.32 Å². The maximum Gasteiger partial charge on any atom is 0.320 e. The van der Waals surface area contributed by atoms with Crippen molar-refractivity contribution in [3.8, 4) is 0 Å². The van der Waals surface area contributed by atoms with Crippen LogP contribution in [0.4, 0.5) is 4.79 Å². The maximum atomic E-state index is 12.2. The third kappa shape index (κ3) is 6.01. The van der Waals surface area contributed by atoms with Gasteiger partial charge in [-0.05, 0) is 25.2 Å². The van der Waals surface area contributed by atoms with Crippen molar-refractivity contribution in [3.63, 3.8) is 0 Å². The second-order valence-electron chi connectivity index (χ2n) is 5.52. The summed E-state index contributed by atoms with van der Waals surface area (Å²) in [7, 11) is 1.61. The van der Waals surface area contributed by atoms with Crippen molar-refractivity contribution in [2.75, 3.05) is 33.2 Å². The molecule has 7 heteroatoms. The number of carbonyl (C=O) groups is 3. The molecule has 1 unspecified atom stereocenters. The third-order valence-electron chi connectivity index (χ3n) is 3.60. The molecule has 1 atom stereocenters. The van der Waals surface area contributed by atoms with Crippen LogP contribution in [0.25, 0.3) is 0 Å². The highest BCUT2D eigenvalue weighted by Crippen LogP contribution is 2.21. The number of rotatable bonds is 7. The van der Waals surface area contributed by atoms with Crippen molar-refractivity contribution in [1.29, 1.82) is 0 Å². The number of carbonyl (C=O) groups excluding carboxylic acids is 2. The number of nitrogens with zero attached hydrogens (tertiary/aromatic N) is 2. The highest BCUT2D eigenvalue weighted by Gasteiger charge is 2.28. The molecule has 1 heterocycles. The van der Waals surface area contributed by atoms with E-state index in [-0.39, 0.29) is 30.8 Å². The van der Waals surface area contributed by atoms with Gasteiger partial charge in [0, 0.05) is 33.1 Å². The topological polar surface area (TPSA) is 90.0 Å². The summed E-state index contributed by atoms with van der Waals surface area (Å²) in [5, 5.41) is 11.4. The van der Waals surface area contributed by atoms with Crippen molar-refractivity contribution in [3.05, 3.63) is 0 Å². The van der Waals surface area contributed by atoms with E-state index in [1.165, 1.54) is 4.90 Å². The lowest BCUT2D eigenvalue weighted by Crippen LogP contribution is -2.44. The Balaban J connectivity index is 2.34. The Morgan fingerprint density at radius 2 is 2.10 bits per heavy atom. The summed E-state index contributed by atoms with van der Waals surface area (Å²) in [6, 6.07) is -0.167. The van der Waals surface area contributed by atoms with Crippen molar-refractivity contribution in [2.24, 2.45) is 5.92 Å². The molecule has 21 heavy (non-hydrogen) atoms. The number of hydrogen-bond donors (Lipinski definition) is 2. The highest BCUT2D eigenvalue weighted by molar-refractivity contribution is 5.84. The minimum absolute atomic E-state index is 0.0507. The van der Waals surface area contributed by atoms with E-state index in [0.717, 1.165) is 12.8 Å². The van der Waals surface area contributed by atoms with Gasteiger partial charge in [0.25, 0.3) is 0 Å². The molecule has 120 valence electrons. The lowest BCUT2D eigenvalue weighted by atomic mass is 10.0. The van der Waals surface area contributed by atoms with Crippen molar-refractivity contribution >= 4 is 17.9 Å². The van der Waals surface area contributed by atoms with E-state index in [4.69, 9.17) is 5.11 Å². The molecule has 1 saturated heterocycles. The van der Waals surface area contributed by atoms with Crippen LogP contribution in [0, 0.1) is 5.92 Å². The Bertz CT molecular complexity index is 386. The van der Waals surface area contributed by atoms with Gasteiger partial charge in [-0.25, -0.2) is 4.79 Å². The Morgan fingerprint density at radius 3 is 2.71 bits per heavy atom. The van der Waals surface area contributed by atoms with Gasteiger partial charge < -0.3 is 20.2 Å². The molecule has 0 radical (unpaired) electrons. The van der Waals surface area contributed by atoms with Crippen LogP contribution in [0.3, 0.4) is 0 Å². The van der Waals surface area contributed by atoms with Crippen LogP contribution in [-0.4, -0.2) is 66.0 Å². The minimum Gasteiger partial charge on any atom is -0.481 e. The van der Waals surface area contributed by atoms with Crippen molar-refractivity contribution in [1.82, 2.24) is 15.1 Å². The number of carboxylic acids is 1. The molecular formula is C14H25N3O4. The highest BCUT2D eigenvalue weighted by atomic mass is 16.4. The molecule has 0 spiro atoms. The summed E-state index contributed by atoms with van der Waals surface area (Å²) in [5.41, 5.74) is 0. The van der Waals surface area contributed by atoms with Crippen LogP contribution in [0.5, 0.6) is 0 Å². The molecule has 3 amide bonds. The largest absolute Gasteiger partial charge is 0.481 e. The summed E-state index contributed by atoms with van der Waals surface area (Å²) in [5.74, 6) is -0.716. The first-order valence-electron chi connectivity index (χ1n) is 7.42. The van der Waals surface area contributed by atoms with E-state index in [1.54, 1.807) is 11.9 Å². The van der Waals surface area contributed by atoms with Crippen molar-refractivity contribution in [2.45, 2.75) is 32.6 Å². The molecule has 1 aliphatic rings. The van der Waals surface area contributed by atoms with Crippen LogP contribution in [0.1, 0.15) is 32.6 Å². The maximum absolute atomic E-state index is 12.2. The van der Waals surface area contributed by atoms with Gasteiger partial charge >= 0.3 is 12.0 Å². The van der Waals surface area contributed by atoms with E-state index >= 15 is 0 Å². The first-order chi connectivity index (χ1) is 9.93. The number of aliphatic carboxylic acids is 1. The molecule has 1 rings (SSSR count). The fourth-order valence-corrected chi connectivity index (χ4v) is 2.41. The zero-order valence-electron chi connectivity index (χ0n) is 12.8. The van der Waals surface area contributed by atoms with Gasteiger partial charge in [0.2, 0.25) is 5.91 Å². The molecular weight excluding hydrogens is 274 g/mol. The minimum atomic E-state index is -0.801. The average molecular weight is 299 g/mol. The quantitative estimate of drug-likeness (QED) is 0.726. The van der Waals surface area contributed by atoms with E-state index in [0.29, 0.717) is 26.1 Å². The van der Waals surface area contributed by atoms with Gasteiger partial charge in [-0.15, -0.1) is 0 Å². The summed E-state index contributed by atoms with van der Waals surface area (Å²) >= 11 is 0. The molecule has 0 aliphatic carbocycles. The predicted molar refractivity (Wildman–Crippen MR) is 77.9 cm³/mol. The molecule has 2 N–H and O–H groups in total. The lowest BCUT2D eigenvalue weighted by Gasteiger charge is -2.24. The molecule has 0 aromatic carbocycles. The Morgan fingerprint density at radius 1 is 1.38 bits per heavy atom. The number of nitrogens with one attached hydrogen (secondary N) is 1. The van der Waals surface area contributed by atoms with Gasteiger partial charge in [-0.3, -0.25) is 9.59 Å². The molecule has 0 saturated carbocycles. The molecule has 0 aromatic rings. The number of urea groups is 1. The number of likely N-dealkylation sites (tertiary alicyclic amines) is 1. The predicted octanol–water partition coefficient (Wildman–Crippen LogP) is 0.751. The summed E-state index contributed by atoms with van der Waals surface area (Å²) < 4.78 is 0. The summed E-state index contributed by atoms with van der Waals surface area (Å²) in [6.07, 6.45) is 2.43. The normalized spacial score (nSPS) is 17.6. The van der Waals surface area contributed by atoms with E-state index in [1.807, 2.05) is 6.92 Å². The van der Waals surface area contributed by atoms with Gasteiger partial charge in [-0.2, -0.15) is 0 Å². The van der Waals surface area contributed by atoms with Crippen molar-refractivity contribution < 1.29 is 19.5 Å². The van der Waals surface area contributed by atoms with Gasteiger partial charge in [0.15, 0.2) is 0 Å². The number of hydrogen-bond acceptors (Lipinski definition) is 3. The van der Waals surface area contributed by atoms with Gasteiger partial charge in [0.05, 0.1) is 0 Å². The average Bonchev–Trinajstić information content (AvgIpc) is 2.90.